The molecular formula is C9H17NO3. The van der Waals surface area contributed by atoms with E-state index in [1.807, 2.05) is 0 Å². The fourth-order valence-corrected chi connectivity index (χ4v) is 1.73. The van der Waals surface area contributed by atoms with Crippen LogP contribution in [0.25, 0.3) is 0 Å². The number of hydrogen-bond acceptors (Lipinski definition) is 3. The fourth-order valence-electron chi connectivity index (χ4n) is 1.73. The van der Waals surface area contributed by atoms with E-state index in [4.69, 9.17) is 10.2 Å². The summed E-state index contributed by atoms with van der Waals surface area (Å²) in [5, 5.41) is 17.5. The van der Waals surface area contributed by atoms with Gasteiger partial charge in [0.25, 0.3) is 0 Å². The molecule has 1 fully saturated rings. The van der Waals surface area contributed by atoms with Crippen LogP contribution >= 0.6 is 0 Å². The number of hydrogen-bond donors (Lipinski definition) is 2. The van der Waals surface area contributed by atoms with Crippen LogP contribution in [0.5, 0.6) is 0 Å². The Morgan fingerprint density at radius 2 is 2.00 bits per heavy atom. The summed E-state index contributed by atoms with van der Waals surface area (Å²) in [6, 6.07) is 0. The maximum Gasteiger partial charge on any atom is 0.307 e. The number of carbonyl (C=O) groups is 1. The highest BCUT2D eigenvalue weighted by Crippen LogP contribution is 2.12. The molecule has 0 radical (unpaired) electrons. The van der Waals surface area contributed by atoms with Gasteiger partial charge in [-0.05, 0) is 32.4 Å². The van der Waals surface area contributed by atoms with Crippen LogP contribution in [0.15, 0.2) is 0 Å². The van der Waals surface area contributed by atoms with Crippen LogP contribution < -0.4 is 0 Å². The highest BCUT2D eigenvalue weighted by atomic mass is 16.4. The zero-order valence-electron chi connectivity index (χ0n) is 7.78. The van der Waals surface area contributed by atoms with E-state index >= 15 is 0 Å². The first kappa shape index (κ1) is 10.5. The standard InChI is InChI=1S/C9H17NO3/c11-6-3-8(9(12)13)7-10-4-1-2-5-10/h8,11H,1-7H2,(H,12,13). The summed E-state index contributed by atoms with van der Waals surface area (Å²) in [6.45, 7) is 2.57. The molecule has 1 atom stereocenters. The molecule has 0 aromatic rings. The molecule has 1 rings (SSSR count). The summed E-state index contributed by atoms with van der Waals surface area (Å²) >= 11 is 0. The summed E-state index contributed by atoms with van der Waals surface area (Å²) in [4.78, 5) is 12.9. The average molecular weight is 187 g/mol. The van der Waals surface area contributed by atoms with Gasteiger partial charge in [-0.3, -0.25) is 4.79 Å². The van der Waals surface area contributed by atoms with Crippen molar-refractivity contribution in [2.75, 3.05) is 26.2 Å². The summed E-state index contributed by atoms with van der Waals surface area (Å²) in [5.74, 6) is -1.19. The molecule has 1 saturated heterocycles. The van der Waals surface area contributed by atoms with Crippen molar-refractivity contribution < 1.29 is 15.0 Å². The Hall–Kier alpha value is -0.610. The normalized spacial score (nSPS) is 20.4. The Morgan fingerprint density at radius 1 is 1.38 bits per heavy atom. The van der Waals surface area contributed by atoms with Crippen molar-refractivity contribution in [3.05, 3.63) is 0 Å². The second kappa shape index (κ2) is 5.19. The minimum atomic E-state index is -0.791. The molecule has 1 aliphatic heterocycles. The first-order valence-corrected chi connectivity index (χ1v) is 4.80. The quantitative estimate of drug-likeness (QED) is 0.644. The number of carboxylic acid groups (broad SMARTS) is 1. The second-order valence-corrected chi connectivity index (χ2v) is 3.56. The summed E-state index contributed by atoms with van der Waals surface area (Å²) in [6.07, 6.45) is 2.71. The van der Waals surface area contributed by atoms with E-state index in [9.17, 15) is 4.79 Å². The van der Waals surface area contributed by atoms with Gasteiger partial charge < -0.3 is 15.1 Å². The third-order valence-electron chi connectivity index (χ3n) is 2.50. The van der Waals surface area contributed by atoms with E-state index in [-0.39, 0.29) is 6.61 Å². The molecule has 76 valence electrons. The van der Waals surface area contributed by atoms with Crippen molar-refractivity contribution in [3.8, 4) is 0 Å². The predicted molar refractivity (Wildman–Crippen MR) is 48.5 cm³/mol. The number of aliphatic carboxylic acids is 1. The summed E-state index contributed by atoms with van der Waals surface area (Å²) in [7, 11) is 0. The Morgan fingerprint density at radius 3 is 2.46 bits per heavy atom. The molecule has 0 amide bonds. The largest absolute Gasteiger partial charge is 0.481 e. The number of aliphatic hydroxyl groups is 1. The molecule has 0 aromatic carbocycles. The molecular weight excluding hydrogens is 170 g/mol. The van der Waals surface area contributed by atoms with Gasteiger partial charge in [-0.2, -0.15) is 0 Å². The van der Waals surface area contributed by atoms with Crippen molar-refractivity contribution in [1.82, 2.24) is 4.90 Å². The molecule has 1 aliphatic rings. The summed E-state index contributed by atoms with van der Waals surface area (Å²) in [5.41, 5.74) is 0. The van der Waals surface area contributed by atoms with Crippen molar-refractivity contribution in [2.24, 2.45) is 5.92 Å². The van der Waals surface area contributed by atoms with Crippen LogP contribution in [-0.4, -0.2) is 47.3 Å². The van der Waals surface area contributed by atoms with Crippen LogP contribution in [0.4, 0.5) is 0 Å². The number of rotatable bonds is 5. The van der Waals surface area contributed by atoms with Crippen LogP contribution in [-0.2, 0) is 4.79 Å². The van der Waals surface area contributed by atoms with Crippen LogP contribution in [0.2, 0.25) is 0 Å². The Balaban J connectivity index is 2.32. The van der Waals surface area contributed by atoms with Gasteiger partial charge in [0.05, 0.1) is 5.92 Å². The fraction of sp³-hybridized carbons (Fsp3) is 0.889. The lowest BCUT2D eigenvalue weighted by Gasteiger charge is -2.19. The van der Waals surface area contributed by atoms with Gasteiger partial charge >= 0.3 is 5.97 Å². The molecule has 13 heavy (non-hydrogen) atoms. The number of carboxylic acids is 1. The highest BCUT2D eigenvalue weighted by molar-refractivity contribution is 5.70. The topological polar surface area (TPSA) is 60.8 Å². The van der Waals surface area contributed by atoms with Gasteiger partial charge in [-0.15, -0.1) is 0 Å². The Labute approximate surface area is 78.2 Å². The lowest BCUT2D eigenvalue weighted by atomic mass is 10.1. The smallest absolute Gasteiger partial charge is 0.307 e. The van der Waals surface area contributed by atoms with E-state index in [0.717, 1.165) is 13.1 Å². The minimum absolute atomic E-state index is 0.0369. The Bertz CT molecular complexity index is 166. The van der Waals surface area contributed by atoms with Crippen LogP contribution in [0.1, 0.15) is 19.3 Å². The van der Waals surface area contributed by atoms with E-state index in [1.165, 1.54) is 12.8 Å². The molecule has 4 heteroatoms. The lowest BCUT2D eigenvalue weighted by molar-refractivity contribution is -0.142. The molecule has 0 bridgehead atoms. The van der Waals surface area contributed by atoms with E-state index in [0.29, 0.717) is 13.0 Å². The van der Waals surface area contributed by atoms with Crippen LogP contribution in [0.3, 0.4) is 0 Å². The number of nitrogens with zero attached hydrogens (tertiary/aromatic N) is 1. The molecule has 2 N–H and O–H groups in total. The van der Waals surface area contributed by atoms with Crippen molar-refractivity contribution in [3.63, 3.8) is 0 Å². The predicted octanol–water partition coefficient (Wildman–Crippen LogP) is 0.165. The minimum Gasteiger partial charge on any atom is -0.481 e. The molecule has 0 aliphatic carbocycles. The van der Waals surface area contributed by atoms with E-state index in [2.05, 4.69) is 4.90 Å². The zero-order chi connectivity index (χ0) is 9.68. The second-order valence-electron chi connectivity index (χ2n) is 3.56. The number of likely N-dealkylation sites (tertiary alicyclic amines) is 1. The van der Waals surface area contributed by atoms with E-state index < -0.39 is 11.9 Å². The molecule has 0 saturated carbocycles. The maximum absolute atomic E-state index is 10.7. The zero-order valence-corrected chi connectivity index (χ0v) is 7.78. The van der Waals surface area contributed by atoms with Crippen molar-refractivity contribution in [2.45, 2.75) is 19.3 Å². The molecule has 0 spiro atoms. The third-order valence-corrected chi connectivity index (χ3v) is 2.50. The molecule has 0 aromatic heterocycles. The van der Waals surface area contributed by atoms with Gasteiger partial charge in [0.15, 0.2) is 0 Å². The Kier molecular flexibility index (Phi) is 4.18. The van der Waals surface area contributed by atoms with Gasteiger partial charge in [0.2, 0.25) is 0 Å². The van der Waals surface area contributed by atoms with Crippen molar-refractivity contribution >= 4 is 5.97 Å². The van der Waals surface area contributed by atoms with Gasteiger partial charge in [0, 0.05) is 13.2 Å². The first-order valence-electron chi connectivity index (χ1n) is 4.80. The molecule has 4 nitrogen and oxygen atoms in total. The van der Waals surface area contributed by atoms with Gasteiger partial charge in [-0.25, -0.2) is 0 Å². The van der Waals surface area contributed by atoms with E-state index in [1.54, 1.807) is 0 Å². The van der Waals surface area contributed by atoms with Gasteiger partial charge in [-0.1, -0.05) is 0 Å². The SMILES string of the molecule is O=C(O)C(CCO)CN1CCCC1. The monoisotopic (exact) mass is 187 g/mol. The maximum atomic E-state index is 10.7. The van der Waals surface area contributed by atoms with Gasteiger partial charge in [0.1, 0.15) is 0 Å². The highest BCUT2D eigenvalue weighted by Gasteiger charge is 2.22. The summed E-state index contributed by atoms with van der Waals surface area (Å²) < 4.78 is 0. The molecule has 1 unspecified atom stereocenters. The van der Waals surface area contributed by atoms with Crippen molar-refractivity contribution in [1.29, 1.82) is 0 Å². The number of aliphatic hydroxyl groups excluding tert-OH is 1. The third kappa shape index (κ3) is 3.32. The average Bonchev–Trinajstić information content (AvgIpc) is 2.56. The molecule has 1 heterocycles. The van der Waals surface area contributed by atoms with Crippen LogP contribution in [0, 0.1) is 5.92 Å². The lowest BCUT2D eigenvalue weighted by Crippen LogP contribution is -2.31. The first-order chi connectivity index (χ1) is 6.24.